The Bertz CT molecular complexity index is 760. The third-order valence-corrected chi connectivity index (χ3v) is 4.72. The van der Waals surface area contributed by atoms with Crippen molar-refractivity contribution in [1.29, 1.82) is 0 Å². The number of primary amides is 1. The monoisotopic (exact) mass is 424 g/mol. The number of halogens is 1. The quantitative estimate of drug-likeness (QED) is 0.353. The summed E-state index contributed by atoms with van der Waals surface area (Å²) in [5.74, 6) is -0.0960. The second-order valence-electron chi connectivity index (χ2n) is 8.04. The first kappa shape index (κ1) is 23.0. The number of ether oxygens (including phenoxy) is 2. The van der Waals surface area contributed by atoms with Gasteiger partial charge in [0, 0.05) is 24.4 Å². The van der Waals surface area contributed by atoms with Crippen molar-refractivity contribution >= 4 is 29.4 Å². The number of unbranched alkanes of at least 4 members (excludes halogenated alkanes) is 1. The van der Waals surface area contributed by atoms with Crippen LogP contribution >= 0.6 is 11.6 Å². The summed E-state index contributed by atoms with van der Waals surface area (Å²) in [6, 6.07) is 4.36. The van der Waals surface area contributed by atoms with Gasteiger partial charge in [0.15, 0.2) is 0 Å². The number of hydrogen-bond donors (Lipinski definition) is 1. The van der Waals surface area contributed by atoms with Gasteiger partial charge < -0.3 is 20.1 Å². The van der Waals surface area contributed by atoms with E-state index in [4.69, 9.17) is 26.8 Å². The Morgan fingerprint density at radius 1 is 1.28 bits per heavy atom. The van der Waals surface area contributed by atoms with Crippen LogP contribution in [0.2, 0.25) is 0 Å². The molecule has 0 aromatic heterocycles. The molecule has 1 unspecified atom stereocenters. The number of rotatable bonds is 10. The van der Waals surface area contributed by atoms with Crippen molar-refractivity contribution in [3.05, 3.63) is 29.3 Å². The van der Waals surface area contributed by atoms with Crippen molar-refractivity contribution in [1.82, 2.24) is 4.90 Å². The minimum absolute atomic E-state index is 0.0000650. The average molecular weight is 425 g/mol. The molecule has 1 heterocycles. The van der Waals surface area contributed by atoms with E-state index in [2.05, 4.69) is 0 Å². The Hall–Kier alpha value is -2.28. The topological polar surface area (TPSA) is 98.9 Å². The van der Waals surface area contributed by atoms with Gasteiger partial charge in [0.1, 0.15) is 17.4 Å². The van der Waals surface area contributed by atoms with Gasteiger partial charge in [-0.1, -0.05) is 0 Å². The summed E-state index contributed by atoms with van der Waals surface area (Å²) in [6.07, 6.45) is 1.84. The Balaban J connectivity index is 2.03. The molecule has 0 saturated heterocycles. The third-order valence-electron chi connectivity index (χ3n) is 4.45. The zero-order valence-electron chi connectivity index (χ0n) is 17.2. The predicted molar refractivity (Wildman–Crippen MR) is 110 cm³/mol. The lowest BCUT2D eigenvalue weighted by Crippen LogP contribution is -2.45. The molecule has 29 heavy (non-hydrogen) atoms. The first-order valence-corrected chi connectivity index (χ1v) is 10.3. The van der Waals surface area contributed by atoms with Crippen molar-refractivity contribution < 1.29 is 23.9 Å². The molecule has 0 spiro atoms. The molecular weight excluding hydrogens is 396 g/mol. The molecule has 7 nitrogen and oxygen atoms in total. The first-order chi connectivity index (χ1) is 13.6. The van der Waals surface area contributed by atoms with E-state index in [1.54, 1.807) is 39.0 Å². The van der Waals surface area contributed by atoms with Crippen LogP contribution in [0.4, 0.5) is 0 Å². The largest absolute Gasteiger partial charge is 0.494 e. The Morgan fingerprint density at radius 3 is 2.62 bits per heavy atom. The molecule has 0 saturated carbocycles. The third kappa shape index (κ3) is 6.63. The van der Waals surface area contributed by atoms with Gasteiger partial charge in [0.25, 0.3) is 5.91 Å². The van der Waals surface area contributed by atoms with Gasteiger partial charge in [-0.15, -0.1) is 11.6 Å². The van der Waals surface area contributed by atoms with E-state index >= 15 is 0 Å². The van der Waals surface area contributed by atoms with Crippen LogP contribution in [0.1, 0.15) is 62.4 Å². The second-order valence-corrected chi connectivity index (χ2v) is 8.42. The Morgan fingerprint density at radius 2 is 2.00 bits per heavy atom. The van der Waals surface area contributed by atoms with Gasteiger partial charge in [-0.3, -0.25) is 14.4 Å². The summed E-state index contributed by atoms with van der Waals surface area (Å²) in [4.78, 5) is 38.2. The summed E-state index contributed by atoms with van der Waals surface area (Å²) in [5, 5.41) is 0. The Kier molecular flexibility index (Phi) is 7.90. The summed E-state index contributed by atoms with van der Waals surface area (Å²) >= 11 is 5.66. The van der Waals surface area contributed by atoms with Gasteiger partial charge in [0.2, 0.25) is 5.91 Å². The van der Waals surface area contributed by atoms with Crippen LogP contribution in [0.5, 0.6) is 5.75 Å². The average Bonchev–Trinajstić information content (AvgIpc) is 2.93. The highest BCUT2D eigenvalue weighted by atomic mass is 35.5. The van der Waals surface area contributed by atoms with Crippen LogP contribution in [-0.4, -0.2) is 46.8 Å². The van der Waals surface area contributed by atoms with Crippen molar-refractivity contribution in [2.75, 3.05) is 12.5 Å². The maximum absolute atomic E-state index is 12.8. The fraction of sp³-hybridized carbons (Fsp3) is 0.571. The lowest BCUT2D eigenvalue weighted by molar-refractivity contribution is -0.155. The predicted octanol–water partition coefficient (Wildman–Crippen LogP) is 3.02. The molecule has 2 rings (SSSR count). The number of hydrogen-bond acceptors (Lipinski definition) is 5. The molecule has 2 N–H and O–H groups in total. The van der Waals surface area contributed by atoms with Gasteiger partial charge >= 0.3 is 5.97 Å². The van der Waals surface area contributed by atoms with Crippen LogP contribution < -0.4 is 10.5 Å². The fourth-order valence-corrected chi connectivity index (χ4v) is 3.34. The van der Waals surface area contributed by atoms with Gasteiger partial charge in [-0.05, 0) is 63.8 Å². The van der Waals surface area contributed by atoms with E-state index in [1.807, 2.05) is 0 Å². The number of nitrogens with two attached hydrogens (primary N) is 1. The van der Waals surface area contributed by atoms with E-state index in [9.17, 15) is 14.4 Å². The molecule has 1 atom stereocenters. The summed E-state index contributed by atoms with van der Waals surface area (Å²) in [5.41, 5.74) is 6.21. The molecule has 1 aliphatic rings. The number of esters is 1. The van der Waals surface area contributed by atoms with Crippen molar-refractivity contribution in [2.45, 2.75) is 64.6 Å². The molecule has 2 amide bonds. The molecule has 0 bridgehead atoms. The van der Waals surface area contributed by atoms with E-state index in [0.29, 0.717) is 23.8 Å². The van der Waals surface area contributed by atoms with Crippen molar-refractivity contribution in [3.63, 3.8) is 0 Å². The highest BCUT2D eigenvalue weighted by Gasteiger charge is 2.36. The van der Waals surface area contributed by atoms with Crippen LogP contribution in [0, 0.1) is 0 Å². The van der Waals surface area contributed by atoms with Crippen LogP contribution in [0.15, 0.2) is 18.2 Å². The molecule has 1 aromatic carbocycles. The van der Waals surface area contributed by atoms with Crippen LogP contribution in [0.3, 0.4) is 0 Å². The number of alkyl halides is 1. The van der Waals surface area contributed by atoms with Gasteiger partial charge in [-0.2, -0.15) is 0 Å². The van der Waals surface area contributed by atoms with Crippen LogP contribution in [0.25, 0.3) is 0 Å². The standard InChI is InChI=1S/C21H29ClN2O5/c1-21(2,3)29-18(25)9-8-17(19(23)26)24-13-14-12-15(28-11-5-4-10-22)6-7-16(14)20(24)27/h6-7,12,17H,4-5,8-11,13H2,1-3H3,(H2,23,26). The van der Waals surface area contributed by atoms with Crippen molar-refractivity contribution in [3.8, 4) is 5.75 Å². The van der Waals surface area contributed by atoms with E-state index in [1.165, 1.54) is 4.90 Å². The highest BCUT2D eigenvalue weighted by molar-refractivity contribution is 6.17. The molecule has 1 aliphatic heterocycles. The van der Waals surface area contributed by atoms with Gasteiger partial charge in [-0.25, -0.2) is 0 Å². The second kappa shape index (κ2) is 9.96. The van der Waals surface area contributed by atoms with Crippen molar-refractivity contribution in [2.24, 2.45) is 5.73 Å². The number of nitrogens with zero attached hydrogens (tertiary/aromatic N) is 1. The molecule has 0 aliphatic carbocycles. The zero-order valence-corrected chi connectivity index (χ0v) is 18.0. The smallest absolute Gasteiger partial charge is 0.306 e. The van der Waals surface area contributed by atoms with Gasteiger partial charge in [0.05, 0.1) is 6.61 Å². The van der Waals surface area contributed by atoms with E-state index in [0.717, 1.165) is 18.4 Å². The minimum Gasteiger partial charge on any atom is -0.494 e. The minimum atomic E-state index is -0.879. The van der Waals surface area contributed by atoms with Crippen LogP contribution in [-0.2, 0) is 20.9 Å². The molecule has 0 fully saturated rings. The number of carbonyl (C=O) groups is 3. The maximum atomic E-state index is 12.8. The molecule has 160 valence electrons. The molecule has 0 radical (unpaired) electrons. The fourth-order valence-electron chi connectivity index (χ4n) is 3.15. The lowest BCUT2D eigenvalue weighted by atomic mass is 10.1. The lowest BCUT2D eigenvalue weighted by Gasteiger charge is -2.25. The maximum Gasteiger partial charge on any atom is 0.306 e. The molecule has 8 heteroatoms. The summed E-state index contributed by atoms with van der Waals surface area (Å²) in [7, 11) is 0. The summed E-state index contributed by atoms with van der Waals surface area (Å²) < 4.78 is 11.0. The Labute approximate surface area is 176 Å². The zero-order chi connectivity index (χ0) is 21.6. The first-order valence-electron chi connectivity index (χ1n) is 9.76. The number of benzene rings is 1. The molecule has 1 aromatic rings. The highest BCUT2D eigenvalue weighted by Crippen LogP contribution is 2.29. The molecular formula is C21H29ClN2O5. The SMILES string of the molecule is CC(C)(C)OC(=O)CCC(C(N)=O)N1Cc2cc(OCCCCCl)ccc2C1=O. The number of amides is 2. The van der Waals surface area contributed by atoms with E-state index in [-0.39, 0.29) is 25.3 Å². The normalized spacial score (nSPS) is 14.5. The van der Waals surface area contributed by atoms with E-state index < -0.39 is 23.5 Å². The number of carbonyl (C=O) groups excluding carboxylic acids is 3. The number of fused-ring (bicyclic) bond motifs is 1. The summed E-state index contributed by atoms with van der Waals surface area (Å²) in [6.45, 7) is 6.10.